The summed E-state index contributed by atoms with van der Waals surface area (Å²) in [5.74, 6) is 0. The number of aliphatic hydroxyl groups excluding tert-OH is 1. The van der Waals surface area contributed by atoms with Crippen molar-refractivity contribution in [1.29, 1.82) is 0 Å². The van der Waals surface area contributed by atoms with Crippen LogP contribution < -0.4 is 5.32 Å². The molecule has 1 rings (SSSR count). The first kappa shape index (κ1) is 16.2. The van der Waals surface area contributed by atoms with Crippen molar-refractivity contribution < 1.29 is 5.11 Å². The van der Waals surface area contributed by atoms with Gasteiger partial charge in [-0.15, -0.1) is 0 Å². The Morgan fingerprint density at radius 2 is 1.79 bits per heavy atom. The molecule has 0 aliphatic rings. The van der Waals surface area contributed by atoms with Gasteiger partial charge < -0.3 is 15.3 Å². The number of hydrogen-bond acceptors (Lipinski definition) is 3. The fourth-order valence-corrected chi connectivity index (χ4v) is 2.28. The van der Waals surface area contributed by atoms with Crippen molar-refractivity contribution in [2.45, 2.75) is 32.7 Å². The summed E-state index contributed by atoms with van der Waals surface area (Å²) < 4.78 is 0. The zero-order chi connectivity index (χ0) is 14.1. The Morgan fingerprint density at radius 3 is 2.32 bits per heavy atom. The molecule has 1 atom stereocenters. The van der Waals surface area contributed by atoms with Gasteiger partial charge >= 0.3 is 0 Å². The van der Waals surface area contributed by atoms with E-state index in [9.17, 15) is 5.11 Å². The van der Waals surface area contributed by atoms with Gasteiger partial charge in [-0.1, -0.05) is 44.2 Å². The summed E-state index contributed by atoms with van der Waals surface area (Å²) in [7, 11) is 0. The minimum atomic E-state index is -0.242. The average Bonchev–Trinajstić information content (AvgIpc) is 2.45. The van der Waals surface area contributed by atoms with E-state index in [1.54, 1.807) is 0 Å². The van der Waals surface area contributed by atoms with Crippen molar-refractivity contribution in [2.24, 2.45) is 0 Å². The van der Waals surface area contributed by atoms with E-state index in [0.29, 0.717) is 0 Å². The van der Waals surface area contributed by atoms with E-state index in [0.717, 1.165) is 32.6 Å². The lowest BCUT2D eigenvalue weighted by Gasteiger charge is -2.30. The molecule has 0 heterocycles. The zero-order valence-corrected chi connectivity index (χ0v) is 12.5. The van der Waals surface area contributed by atoms with Crippen LogP contribution in [-0.2, 0) is 6.42 Å². The second kappa shape index (κ2) is 8.31. The summed E-state index contributed by atoms with van der Waals surface area (Å²) in [6.07, 6.45) is 0.850. The third-order valence-electron chi connectivity index (χ3n) is 3.66. The monoisotopic (exact) mass is 264 g/mol. The van der Waals surface area contributed by atoms with Crippen molar-refractivity contribution in [3.63, 3.8) is 0 Å². The first-order valence-electron chi connectivity index (χ1n) is 7.25. The predicted molar refractivity (Wildman–Crippen MR) is 81.4 cm³/mol. The Hall–Kier alpha value is -0.900. The molecule has 2 N–H and O–H groups in total. The van der Waals surface area contributed by atoms with E-state index in [2.05, 4.69) is 43.1 Å². The van der Waals surface area contributed by atoms with Crippen molar-refractivity contribution in [2.75, 3.05) is 32.8 Å². The van der Waals surface area contributed by atoms with Crippen LogP contribution in [-0.4, -0.2) is 48.3 Å². The summed E-state index contributed by atoms with van der Waals surface area (Å²) in [5, 5.41) is 13.2. The molecular weight excluding hydrogens is 236 g/mol. The summed E-state index contributed by atoms with van der Waals surface area (Å²) in [6, 6.07) is 10.3. The maximum atomic E-state index is 9.65. The molecule has 0 fully saturated rings. The molecule has 0 saturated heterocycles. The van der Waals surface area contributed by atoms with Crippen LogP contribution >= 0.6 is 0 Å². The van der Waals surface area contributed by atoms with Gasteiger partial charge in [0, 0.05) is 18.6 Å². The van der Waals surface area contributed by atoms with Gasteiger partial charge in [0.2, 0.25) is 0 Å². The number of rotatable bonds is 9. The van der Waals surface area contributed by atoms with Crippen LogP contribution in [0.4, 0.5) is 0 Å². The molecule has 3 heteroatoms. The highest BCUT2D eigenvalue weighted by Crippen LogP contribution is 2.12. The standard InChI is InChI=1S/C16H28N2O/c1-4-18(5-2)12-11-17-16(3,14-19)13-15-9-7-6-8-10-15/h6-10,17,19H,4-5,11-14H2,1-3H3. The largest absolute Gasteiger partial charge is 0.394 e. The van der Waals surface area contributed by atoms with Crippen LogP contribution in [0.15, 0.2) is 30.3 Å². The van der Waals surface area contributed by atoms with E-state index in [-0.39, 0.29) is 12.1 Å². The molecule has 0 radical (unpaired) electrons. The van der Waals surface area contributed by atoms with E-state index in [1.165, 1.54) is 5.56 Å². The number of likely N-dealkylation sites (N-methyl/N-ethyl adjacent to an activating group) is 1. The molecule has 0 spiro atoms. The Bertz CT molecular complexity index is 338. The highest BCUT2D eigenvalue weighted by atomic mass is 16.3. The van der Waals surface area contributed by atoms with Crippen LogP contribution in [0.5, 0.6) is 0 Å². The zero-order valence-electron chi connectivity index (χ0n) is 12.5. The number of nitrogens with one attached hydrogen (secondary N) is 1. The fourth-order valence-electron chi connectivity index (χ4n) is 2.28. The SMILES string of the molecule is CCN(CC)CCNC(C)(CO)Cc1ccccc1. The molecule has 1 unspecified atom stereocenters. The molecule has 19 heavy (non-hydrogen) atoms. The Kier molecular flexibility index (Phi) is 7.06. The van der Waals surface area contributed by atoms with Gasteiger partial charge in [-0.3, -0.25) is 0 Å². The normalized spacial score (nSPS) is 14.6. The highest BCUT2D eigenvalue weighted by molar-refractivity contribution is 5.17. The molecule has 0 aliphatic carbocycles. The van der Waals surface area contributed by atoms with Crippen LogP contribution in [0.2, 0.25) is 0 Å². The number of aliphatic hydroxyl groups is 1. The van der Waals surface area contributed by atoms with Gasteiger partial charge in [0.15, 0.2) is 0 Å². The van der Waals surface area contributed by atoms with Gasteiger partial charge in [-0.05, 0) is 32.0 Å². The molecule has 0 aliphatic heterocycles. The third-order valence-corrected chi connectivity index (χ3v) is 3.66. The molecular formula is C16H28N2O. The maximum Gasteiger partial charge on any atom is 0.0613 e. The first-order valence-corrected chi connectivity index (χ1v) is 7.25. The van der Waals surface area contributed by atoms with Gasteiger partial charge in [-0.25, -0.2) is 0 Å². The van der Waals surface area contributed by atoms with Gasteiger partial charge in [-0.2, -0.15) is 0 Å². The van der Waals surface area contributed by atoms with Crippen LogP contribution in [0.3, 0.4) is 0 Å². The fraction of sp³-hybridized carbons (Fsp3) is 0.625. The summed E-state index contributed by atoms with van der Waals surface area (Å²) >= 11 is 0. The quantitative estimate of drug-likeness (QED) is 0.715. The van der Waals surface area contributed by atoms with Crippen molar-refractivity contribution in [3.05, 3.63) is 35.9 Å². The average molecular weight is 264 g/mol. The predicted octanol–water partition coefficient (Wildman–Crippen LogP) is 1.91. The lowest BCUT2D eigenvalue weighted by Crippen LogP contribution is -2.50. The molecule has 0 amide bonds. The van der Waals surface area contributed by atoms with E-state index in [1.807, 2.05) is 18.2 Å². The maximum absolute atomic E-state index is 9.65. The smallest absolute Gasteiger partial charge is 0.0613 e. The van der Waals surface area contributed by atoms with Gasteiger partial charge in [0.05, 0.1) is 6.61 Å². The molecule has 0 bridgehead atoms. The van der Waals surface area contributed by atoms with Crippen molar-refractivity contribution in [1.82, 2.24) is 10.2 Å². The molecule has 0 saturated carbocycles. The lowest BCUT2D eigenvalue weighted by molar-refractivity contribution is 0.167. The van der Waals surface area contributed by atoms with Gasteiger partial charge in [0.1, 0.15) is 0 Å². The van der Waals surface area contributed by atoms with E-state index in [4.69, 9.17) is 0 Å². The first-order chi connectivity index (χ1) is 9.13. The number of benzene rings is 1. The topological polar surface area (TPSA) is 35.5 Å². The van der Waals surface area contributed by atoms with E-state index >= 15 is 0 Å². The molecule has 0 aromatic heterocycles. The number of nitrogens with zero attached hydrogens (tertiary/aromatic N) is 1. The molecule has 3 nitrogen and oxygen atoms in total. The second-order valence-corrected chi connectivity index (χ2v) is 5.33. The van der Waals surface area contributed by atoms with E-state index < -0.39 is 0 Å². The van der Waals surface area contributed by atoms with Crippen LogP contribution in [0.25, 0.3) is 0 Å². The van der Waals surface area contributed by atoms with Crippen LogP contribution in [0, 0.1) is 0 Å². The molecule has 108 valence electrons. The third kappa shape index (κ3) is 5.72. The summed E-state index contributed by atoms with van der Waals surface area (Å²) in [6.45, 7) is 10.7. The van der Waals surface area contributed by atoms with Gasteiger partial charge in [0.25, 0.3) is 0 Å². The lowest BCUT2D eigenvalue weighted by atomic mass is 9.93. The Balaban J connectivity index is 2.46. The van der Waals surface area contributed by atoms with Crippen molar-refractivity contribution >= 4 is 0 Å². The van der Waals surface area contributed by atoms with Crippen molar-refractivity contribution in [3.8, 4) is 0 Å². The minimum absolute atomic E-state index is 0.153. The number of hydrogen-bond donors (Lipinski definition) is 2. The Labute approximate surface area is 117 Å². The molecule has 1 aromatic carbocycles. The minimum Gasteiger partial charge on any atom is -0.394 e. The van der Waals surface area contributed by atoms with Crippen LogP contribution in [0.1, 0.15) is 26.3 Å². The highest BCUT2D eigenvalue weighted by Gasteiger charge is 2.22. The summed E-state index contributed by atoms with van der Waals surface area (Å²) in [4.78, 5) is 2.38. The second-order valence-electron chi connectivity index (χ2n) is 5.33. The summed E-state index contributed by atoms with van der Waals surface area (Å²) in [5.41, 5.74) is 1.02. The molecule has 1 aromatic rings. The Morgan fingerprint density at radius 1 is 1.16 bits per heavy atom.